The van der Waals surface area contributed by atoms with Gasteiger partial charge >= 0.3 is 5.97 Å². The predicted molar refractivity (Wildman–Crippen MR) is 61.3 cm³/mol. The van der Waals surface area contributed by atoms with Gasteiger partial charge in [0.15, 0.2) is 0 Å². The minimum absolute atomic E-state index is 0.112. The molecule has 1 aromatic carbocycles. The third kappa shape index (κ3) is 2.47. The fourth-order valence-corrected chi connectivity index (χ4v) is 2.19. The highest BCUT2D eigenvalue weighted by Crippen LogP contribution is 2.27. The molecule has 0 saturated heterocycles. The van der Waals surface area contributed by atoms with Crippen LogP contribution in [0.2, 0.25) is 5.02 Å². The lowest BCUT2D eigenvalue weighted by Crippen LogP contribution is -2.11. The number of carboxylic acids is 1. The second kappa shape index (κ2) is 4.74. The SMILES string of the molecule is O=C(O)c1ccc(OC2CCCC2)cc1Cl. The molecule has 1 aliphatic carbocycles. The summed E-state index contributed by atoms with van der Waals surface area (Å²) in [5.74, 6) is -0.362. The monoisotopic (exact) mass is 240 g/mol. The van der Waals surface area contributed by atoms with Crippen LogP contribution in [0.25, 0.3) is 0 Å². The van der Waals surface area contributed by atoms with Crippen LogP contribution in [0.1, 0.15) is 36.0 Å². The molecule has 1 N–H and O–H groups in total. The number of hydrogen-bond donors (Lipinski definition) is 1. The number of rotatable bonds is 3. The molecule has 0 aromatic heterocycles. The first-order valence-electron chi connectivity index (χ1n) is 5.36. The molecule has 1 aromatic rings. The van der Waals surface area contributed by atoms with Crippen LogP contribution in [0.3, 0.4) is 0 Å². The first-order chi connectivity index (χ1) is 7.66. The summed E-state index contributed by atoms with van der Waals surface area (Å²) in [6, 6.07) is 4.71. The normalized spacial score (nSPS) is 16.3. The highest BCUT2D eigenvalue weighted by atomic mass is 35.5. The minimum Gasteiger partial charge on any atom is -0.490 e. The molecule has 0 atom stereocenters. The van der Waals surface area contributed by atoms with Crippen molar-refractivity contribution in [1.82, 2.24) is 0 Å². The number of carbonyl (C=O) groups is 1. The first-order valence-corrected chi connectivity index (χ1v) is 5.74. The maximum absolute atomic E-state index is 10.8. The van der Waals surface area contributed by atoms with Gasteiger partial charge in [-0.25, -0.2) is 4.79 Å². The molecule has 1 saturated carbocycles. The standard InChI is InChI=1S/C12H13ClO3/c13-11-7-9(5-6-10(11)12(14)15)16-8-3-1-2-4-8/h5-8H,1-4H2,(H,14,15). The Kier molecular flexibility index (Phi) is 3.34. The Morgan fingerprint density at radius 2 is 2.06 bits per heavy atom. The van der Waals surface area contributed by atoms with Crippen molar-refractivity contribution < 1.29 is 14.6 Å². The van der Waals surface area contributed by atoms with Gasteiger partial charge in [-0.15, -0.1) is 0 Å². The van der Waals surface area contributed by atoms with Gasteiger partial charge in [-0.05, 0) is 43.9 Å². The smallest absolute Gasteiger partial charge is 0.337 e. The summed E-state index contributed by atoms with van der Waals surface area (Å²) >= 11 is 5.85. The van der Waals surface area contributed by atoms with Gasteiger partial charge in [0.25, 0.3) is 0 Å². The molecule has 1 aliphatic rings. The van der Waals surface area contributed by atoms with Gasteiger partial charge in [-0.2, -0.15) is 0 Å². The first kappa shape index (κ1) is 11.3. The molecule has 86 valence electrons. The van der Waals surface area contributed by atoms with Crippen molar-refractivity contribution >= 4 is 17.6 Å². The van der Waals surface area contributed by atoms with E-state index in [1.54, 1.807) is 12.1 Å². The van der Waals surface area contributed by atoms with Gasteiger partial charge in [0.2, 0.25) is 0 Å². The van der Waals surface area contributed by atoms with E-state index < -0.39 is 5.97 Å². The Bertz CT molecular complexity index is 397. The summed E-state index contributed by atoms with van der Waals surface area (Å²) in [5, 5.41) is 9.04. The molecule has 0 aliphatic heterocycles. The summed E-state index contributed by atoms with van der Waals surface area (Å²) in [6.07, 6.45) is 4.79. The Hall–Kier alpha value is -1.22. The average molecular weight is 241 g/mol. The van der Waals surface area contributed by atoms with E-state index in [0.29, 0.717) is 5.75 Å². The highest BCUT2D eigenvalue weighted by Gasteiger charge is 2.17. The van der Waals surface area contributed by atoms with Crippen LogP contribution < -0.4 is 4.74 Å². The number of hydrogen-bond acceptors (Lipinski definition) is 2. The van der Waals surface area contributed by atoms with Crippen LogP contribution in [-0.4, -0.2) is 17.2 Å². The Labute approximate surface area is 99.0 Å². The molecule has 0 spiro atoms. The van der Waals surface area contributed by atoms with Crippen molar-refractivity contribution in [3.05, 3.63) is 28.8 Å². The average Bonchev–Trinajstić information content (AvgIpc) is 2.70. The Morgan fingerprint density at radius 1 is 1.38 bits per heavy atom. The third-order valence-corrected chi connectivity index (χ3v) is 3.09. The summed E-state index contributed by atoms with van der Waals surface area (Å²) in [4.78, 5) is 10.8. The highest BCUT2D eigenvalue weighted by molar-refractivity contribution is 6.33. The molecule has 0 heterocycles. The third-order valence-electron chi connectivity index (χ3n) is 2.78. The molecule has 16 heavy (non-hydrogen) atoms. The fraction of sp³-hybridized carbons (Fsp3) is 0.417. The second-order valence-corrected chi connectivity index (χ2v) is 4.38. The van der Waals surface area contributed by atoms with Crippen LogP contribution in [0.5, 0.6) is 5.75 Å². The maximum Gasteiger partial charge on any atom is 0.337 e. The van der Waals surface area contributed by atoms with E-state index in [0.717, 1.165) is 12.8 Å². The van der Waals surface area contributed by atoms with Crippen LogP contribution >= 0.6 is 11.6 Å². The van der Waals surface area contributed by atoms with E-state index in [9.17, 15) is 4.79 Å². The molecule has 1 fully saturated rings. The number of ether oxygens (including phenoxy) is 1. The number of benzene rings is 1. The van der Waals surface area contributed by atoms with Crippen molar-refractivity contribution in [2.24, 2.45) is 0 Å². The number of aromatic carboxylic acids is 1. The number of halogens is 1. The van der Waals surface area contributed by atoms with Crippen LogP contribution in [0.15, 0.2) is 18.2 Å². The predicted octanol–water partition coefficient (Wildman–Crippen LogP) is 3.36. The van der Waals surface area contributed by atoms with Gasteiger partial charge in [0.05, 0.1) is 16.7 Å². The zero-order chi connectivity index (χ0) is 11.5. The molecular weight excluding hydrogens is 228 g/mol. The molecular formula is C12H13ClO3. The molecule has 3 nitrogen and oxygen atoms in total. The second-order valence-electron chi connectivity index (χ2n) is 3.97. The van der Waals surface area contributed by atoms with Crippen molar-refractivity contribution in [1.29, 1.82) is 0 Å². The van der Waals surface area contributed by atoms with Gasteiger partial charge in [0, 0.05) is 0 Å². The van der Waals surface area contributed by atoms with E-state index in [-0.39, 0.29) is 16.7 Å². The van der Waals surface area contributed by atoms with Gasteiger partial charge < -0.3 is 9.84 Å². The molecule has 0 amide bonds. The van der Waals surface area contributed by atoms with Crippen LogP contribution in [0.4, 0.5) is 0 Å². The molecule has 0 bridgehead atoms. The number of carboxylic acid groups (broad SMARTS) is 1. The van der Waals surface area contributed by atoms with Gasteiger partial charge in [0.1, 0.15) is 5.75 Å². The summed E-state index contributed by atoms with van der Waals surface area (Å²) in [5.41, 5.74) is 0.112. The van der Waals surface area contributed by atoms with Crippen molar-refractivity contribution in [2.75, 3.05) is 0 Å². The summed E-state index contributed by atoms with van der Waals surface area (Å²) in [6.45, 7) is 0. The largest absolute Gasteiger partial charge is 0.490 e. The lowest BCUT2D eigenvalue weighted by molar-refractivity contribution is 0.0697. The van der Waals surface area contributed by atoms with Crippen LogP contribution in [0, 0.1) is 0 Å². The molecule has 0 unspecified atom stereocenters. The lowest BCUT2D eigenvalue weighted by atomic mass is 10.2. The quantitative estimate of drug-likeness (QED) is 0.881. The van der Waals surface area contributed by atoms with Gasteiger partial charge in [-0.1, -0.05) is 11.6 Å². The van der Waals surface area contributed by atoms with Crippen molar-refractivity contribution in [3.8, 4) is 5.75 Å². The Balaban J connectivity index is 2.11. The topological polar surface area (TPSA) is 46.5 Å². The van der Waals surface area contributed by atoms with Crippen molar-refractivity contribution in [2.45, 2.75) is 31.8 Å². The lowest BCUT2D eigenvalue weighted by Gasteiger charge is -2.13. The van der Waals surface area contributed by atoms with E-state index in [4.69, 9.17) is 21.4 Å². The minimum atomic E-state index is -1.02. The molecule has 4 heteroatoms. The van der Waals surface area contributed by atoms with E-state index in [1.807, 2.05) is 0 Å². The molecule has 0 radical (unpaired) electrons. The Morgan fingerprint density at radius 3 is 2.62 bits per heavy atom. The zero-order valence-corrected chi connectivity index (χ0v) is 9.54. The fourth-order valence-electron chi connectivity index (χ4n) is 1.94. The molecule has 2 rings (SSSR count). The van der Waals surface area contributed by atoms with E-state index >= 15 is 0 Å². The van der Waals surface area contributed by atoms with Crippen molar-refractivity contribution in [3.63, 3.8) is 0 Å². The zero-order valence-electron chi connectivity index (χ0n) is 8.78. The van der Waals surface area contributed by atoms with E-state index in [1.165, 1.54) is 18.9 Å². The maximum atomic E-state index is 10.8. The van der Waals surface area contributed by atoms with E-state index in [2.05, 4.69) is 0 Å². The summed E-state index contributed by atoms with van der Waals surface area (Å²) < 4.78 is 5.71. The van der Waals surface area contributed by atoms with Gasteiger partial charge in [-0.3, -0.25) is 0 Å². The van der Waals surface area contributed by atoms with Crippen LogP contribution in [-0.2, 0) is 0 Å². The summed E-state index contributed by atoms with van der Waals surface area (Å²) in [7, 11) is 0.